The molecule has 1 fully saturated rings. The number of aryl methyl sites for hydroxylation is 2. The van der Waals surface area contributed by atoms with E-state index in [-0.39, 0.29) is 18.9 Å². The second-order valence-corrected chi connectivity index (χ2v) is 7.83. The predicted octanol–water partition coefficient (Wildman–Crippen LogP) is 1.99. The molecule has 0 aliphatic carbocycles. The standard InChI is InChI=1S/C13H16ClNO4S/c1-8-4-10(5-9(2)13(8)19-3)15-7-11(6-12(15)16)20(14,17)18/h4-5,11H,6-7H2,1-3H3. The first kappa shape index (κ1) is 15.1. The van der Waals surface area contributed by atoms with Crippen LogP contribution < -0.4 is 9.64 Å². The molecule has 0 saturated carbocycles. The molecule has 1 saturated heterocycles. The van der Waals surface area contributed by atoms with Gasteiger partial charge in [-0.05, 0) is 37.1 Å². The number of ether oxygens (including phenoxy) is 1. The first-order valence-electron chi connectivity index (χ1n) is 6.13. The van der Waals surface area contributed by atoms with Crippen molar-refractivity contribution in [3.8, 4) is 5.75 Å². The summed E-state index contributed by atoms with van der Waals surface area (Å²) >= 11 is 0. The molecule has 0 radical (unpaired) electrons. The summed E-state index contributed by atoms with van der Waals surface area (Å²) in [5, 5.41) is -0.848. The van der Waals surface area contributed by atoms with Crippen molar-refractivity contribution in [2.45, 2.75) is 25.5 Å². The molecule has 0 aromatic heterocycles. The van der Waals surface area contributed by atoms with Crippen molar-refractivity contribution in [3.05, 3.63) is 23.3 Å². The van der Waals surface area contributed by atoms with E-state index in [1.54, 1.807) is 7.11 Å². The molecule has 2 rings (SSSR count). The molecule has 20 heavy (non-hydrogen) atoms. The van der Waals surface area contributed by atoms with Gasteiger partial charge in [0.1, 0.15) is 11.0 Å². The summed E-state index contributed by atoms with van der Waals surface area (Å²) in [4.78, 5) is 13.4. The van der Waals surface area contributed by atoms with E-state index < -0.39 is 14.3 Å². The van der Waals surface area contributed by atoms with Gasteiger partial charge in [0.2, 0.25) is 15.0 Å². The molecule has 1 heterocycles. The molecule has 1 aliphatic rings. The molecular formula is C13H16ClNO4S. The lowest BCUT2D eigenvalue weighted by molar-refractivity contribution is -0.117. The van der Waals surface area contributed by atoms with Crippen LogP contribution >= 0.6 is 10.7 Å². The van der Waals surface area contributed by atoms with Gasteiger partial charge in [0.25, 0.3) is 0 Å². The van der Waals surface area contributed by atoms with E-state index in [0.717, 1.165) is 16.9 Å². The topological polar surface area (TPSA) is 63.7 Å². The van der Waals surface area contributed by atoms with Gasteiger partial charge in [-0.2, -0.15) is 0 Å². The van der Waals surface area contributed by atoms with Crippen LogP contribution in [0.3, 0.4) is 0 Å². The highest BCUT2D eigenvalue weighted by molar-refractivity contribution is 8.14. The first-order valence-corrected chi connectivity index (χ1v) is 8.50. The minimum Gasteiger partial charge on any atom is -0.496 e. The Balaban J connectivity index is 2.36. The highest BCUT2D eigenvalue weighted by Gasteiger charge is 2.38. The average Bonchev–Trinajstić information content (AvgIpc) is 2.70. The van der Waals surface area contributed by atoms with Gasteiger partial charge in [-0.3, -0.25) is 4.79 Å². The Bertz CT molecular complexity index is 633. The van der Waals surface area contributed by atoms with Crippen LogP contribution in [-0.2, 0) is 13.8 Å². The van der Waals surface area contributed by atoms with E-state index >= 15 is 0 Å². The number of anilines is 1. The minimum atomic E-state index is -3.72. The van der Waals surface area contributed by atoms with Crippen molar-refractivity contribution in [2.75, 3.05) is 18.6 Å². The number of hydrogen-bond donors (Lipinski definition) is 0. The van der Waals surface area contributed by atoms with E-state index in [2.05, 4.69) is 0 Å². The molecule has 1 aliphatic heterocycles. The molecule has 5 nitrogen and oxygen atoms in total. The number of amides is 1. The number of carbonyl (C=O) groups excluding carboxylic acids is 1. The van der Waals surface area contributed by atoms with Gasteiger partial charge in [0, 0.05) is 29.3 Å². The summed E-state index contributed by atoms with van der Waals surface area (Å²) in [6.07, 6.45) is -0.0735. The highest BCUT2D eigenvalue weighted by atomic mass is 35.7. The fourth-order valence-electron chi connectivity index (χ4n) is 2.52. The summed E-state index contributed by atoms with van der Waals surface area (Å²) in [5.41, 5.74) is 2.47. The number of nitrogens with zero attached hydrogens (tertiary/aromatic N) is 1. The van der Waals surface area contributed by atoms with Crippen molar-refractivity contribution in [1.82, 2.24) is 0 Å². The minimum absolute atomic E-state index is 0.0735. The maximum Gasteiger partial charge on any atom is 0.237 e. The number of rotatable bonds is 3. The lowest BCUT2D eigenvalue weighted by atomic mass is 10.1. The van der Waals surface area contributed by atoms with Gasteiger partial charge in [0.15, 0.2) is 0 Å². The van der Waals surface area contributed by atoms with Crippen LogP contribution in [0.1, 0.15) is 17.5 Å². The average molecular weight is 318 g/mol. The Morgan fingerprint density at radius 1 is 1.30 bits per heavy atom. The van der Waals surface area contributed by atoms with Gasteiger partial charge in [0.05, 0.1) is 7.11 Å². The largest absolute Gasteiger partial charge is 0.496 e. The third kappa shape index (κ3) is 2.76. The number of halogens is 1. The number of benzene rings is 1. The van der Waals surface area contributed by atoms with E-state index in [1.165, 1.54) is 4.90 Å². The molecule has 7 heteroatoms. The van der Waals surface area contributed by atoms with Crippen LogP contribution in [0.25, 0.3) is 0 Å². The SMILES string of the molecule is COc1c(C)cc(N2CC(S(=O)(=O)Cl)CC2=O)cc1C. The van der Waals surface area contributed by atoms with Crippen LogP contribution in [0, 0.1) is 13.8 Å². The Labute approximate surface area is 122 Å². The monoisotopic (exact) mass is 317 g/mol. The molecule has 0 N–H and O–H groups in total. The number of hydrogen-bond acceptors (Lipinski definition) is 4. The molecule has 1 unspecified atom stereocenters. The van der Waals surface area contributed by atoms with Gasteiger partial charge in [-0.15, -0.1) is 0 Å². The van der Waals surface area contributed by atoms with Gasteiger partial charge in [-0.25, -0.2) is 8.42 Å². The van der Waals surface area contributed by atoms with Crippen LogP contribution in [0.2, 0.25) is 0 Å². The summed E-state index contributed by atoms with van der Waals surface area (Å²) in [7, 11) is 3.21. The summed E-state index contributed by atoms with van der Waals surface area (Å²) in [6, 6.07) is 3.62. The molecule has 1 aromatic rings. The van der Waals surface area contributed by atoms with Crippen molar-refractivity contribution in [3.63, 3.8) is 0 Å². The maximum atomic E-state index is 12.0. The second-order valence-electron chi connectivity index (χ2n) is 4.92. The third-order valence-corrected chi connectivity index (χ3v) is 5.32. The van der Waals surface area contributed by atoms with Crippen molar-refractivity contribution < 1.29 is 17.9 Å². The quantitative estimate of drug-likeness (QED) is 0.800. The second kappa shape index (κ2) is 5.26. The predicted molar refractivity (Wildman–Crippen MR) is 78.0 cm³/mol. The smallest absolute Gasteiger partial charge is 0.237 e. The molecular weight excluding hydrogens is 302 g/mol. The summed E-state index contributed by atoms with van der Waals surface area (Å²) < 4.78 is 28.0. The Morgan fingerprint density at radius 2 is 1.85 bits per heavy atom. The Kier molecular flexibility index (Phi) is 3.97. The van der Waals surface area contributed by atoms with Crippen LogP contribution in [-0.4, -0.2) is 33.2 Å². The zero-order valence-corrected chi connectivity index (χ0v) is 13.1. The molecule has 0 bridgehead atoms. The number of methoxy groups -OCH3 is 1. The highest BCUT2D eigenvalue weighted by Crippen LogP contribution is 2.32. The lowest BCUT2D eigenvalue weighted by Crippen LogP contribution is -2.26. The first-order chi connectivity index (χ1) is 9.24. The van der Waals surface area contributed by atoms with E-state index in [1.807, 2.05) is 26.0 Å². The van der Waals surface area contributed by atoms with Crippen LogP contribution in [0.4, 0.5) is 5.69 Å². The molecule has 0 spiro atoms. The van der Waals surface area contributed by atoms with Gasteiger partial charge in [-0.1, -0.05) is 0 Å². The zero-order valence-electron chi connectivity index (χ0n) is 11.5. The van der Waals surface area contributed by atoms with Crippen molar-refractivity contribution in [1.29, 1.82) is 0 Å². The van der Waals surface area contributed by atoms with Crippen molar-refractivity contribution in [2.24, 2.45) is 0 Å². The normalized spacial score (nSPS) is 19.5. The fourth-order valence-corrected chi connectivity index (χ4v) is 3.54. The van der Waals surface area contributed by atoms with Gasteiger partial charge >= 0.3 is 0 Å². The molecule has 110 valence electrons. The van der Waals surface area contributed by atoms with Gasteiger partial charge < -0.3 is 9.64 Å². The van der Waals surface area contributed by atoms with Crippen LogP contribution in [0.15, 0.2) is 12.1 Å². The van der Waals surface area contributed by atoms with E-state index in [4.69, 9.17) is 15.4 Å². The van der Waals surface area contributed by atoms with Crippen molar-refractivity contribution >= 4 is 31.3 Å². The van der Waals surface area contributed by atoms with E-state index in [0.29, 0.717) is 5.69 Å². The fraction of sp³-hybridized carbons (Fsp3) is 0.462. The number of carbonyl (C=O) groups is 1. The molecule has 1 atom stereocenters. The summed E-state index contributed by atoms with van der Waals surface area (Å²) in [6.45, 7) is 3.85. The zero-order chi connectivity index (χ0) is 15.1. The third-order valence-electron chi connectivity index (χ3n) is 3.45. The molecule has 1 aromatic carbocycles. The Morgan fingerprint density at radius 3 is 2.25 bits per heavy atom. The maximum absolute atomic E-state index is 12.0. The van der Waals surface area contributed by atoms with E-state index in [9.17, 15) is 13.2 Å². The summed E-state index contributed by atoms with van der Waals surface area (Å²) in [5.74, 6) is 0.533. The molecule has 1 amide bonds. The lowest BCUT2D eigenvalue weighted by Gasteiger charge is -2.19. The Hall–Kier alpha value is -1.27. The van der Waals surface area contributed by atoms with Crippen LogP contribution in [0.5, 0.6) is 5.75 Å².